The number of piperidine rings is 1. The van der Waals surface area contributed by atoms with E-state index >= 15 is 0 Å². The van der Waals surface area contributed by atoms with Gasteiger partial charge < -0.3 is 14.6 Å². The minimum absolute atomic E-state index is 0.00296. The molecule has 1 aromatic heterocycles. The molecule has 1 aromatic carbocycles. The van der Waals surface area contributed by atoms with E-state index in [1.807, 2.05) is 10.6 Å². The number of aromatic nitrogens is 1. The molecular formula is C19H18N2O4. The van der Waals surface area contributed by atoms with Crippen LogP contribution in [-0.4, -0.2) is 39.5 Å². The van der Waals surface area contributed by atoms with Crippen LogP contribution in [0.15, 0.2) is 47.3 Å². The molecule has 4 rings (SSSR count). The molecule has 2 aliphatic rings. The van der Waals surface area contributed by atoms with E-state index in [9.17, 15) is 19.5 Å². The number of aromatic carboxylic acids is 1. The molecule has 2 aliphatic heterocycles. The molecular weight excluding hydrogens is 320 g/mol. The highest BCUT2D eigenvalue weighted by Gasteiger charge is 2.37. The number of fused-ring (bicyclic) bond motifs is 4. The monoisotopic (exact) mass is 338 g/mol. The fourth-order valence-electron chi connectivity index (χ4n) is 4.09. The molecule has 1 N–H and O–H groups in total. The van der Waals surface area contributed by atoms with Crippen LogP contribution in [0.1, 0.15) is 38.7 Å². The van der Waals surface area contributed by atoms with Crippen LogP contribution in [-0.2, 0) is 6.54 Å². The van der Waals surface area contributed by atoms with Crippen LogP contribution in [0.5, 0.6) is 0 Å². The zero-order chi connectivity index (χ0) is 17.6. The Bertz CT molecular complexity index is 918. The second-order valence-electron chi connectivity index (χ2n) is 6.76. The number of amides is 1. The van der Waals surface area contributed by atoms with Gasteiger partial charge in [-0.05, 0) is 30.5 Å². The highest BCUT2D eigenvalue weighted by molar-refractivity contribution is 6.04. The van der Waals surface area contributed by atoms with E-state index in [0.717, 1.165) is 12.1 Å². The zero-order valence-corrected chi connectivity index (χ0v) is 13.6. The van der Waals surface area contributed by atoms with Crippen LogP contribution in [0.3, 0.4) is 0 Å². The Balaban J connectivity index is 1.66. The van der Waals surface area contributed by atoms with Crippen LogP contribution in [0, 0.1) is 5.92 Å². The highest BCUT2D eigenvalue weighted by atomic mass is 16.4. The second kappa shape index (κ2) is 5.88. The Labute approximate surface area is 144 Å². The lowest BCUT2D eigenvalue weighted by atomic mass is 9.83. The molecule has 2 aromatic rings. The van der Waals surface area contributed by atoms with Gasteiger partial charge in [0.25, 0.3) is 11.5 Å². The summed E-state index contributed by atoms with van der Waals surface area (Å²) in [5, 5.41) is 9.33. The first-order valence-corrected chi connectivity index (χ1v) is 8.36. The SMILES string of the molecule is O=C(O)c1ccccc1C(=O)N1C[C@H]2C[C@@H](C1)c1cccc(=O)n1C2. The van der Waals surface area contributed by atoms with Crippen molar-refractivity contribution in [3.8, 4) is 0 Å². The van der Waals surface area contributed by atoms with Crippen molar-refractivity contribution >= 4 is 11.9 Å². The summed E-state index contributed by atoms with van der Waals surface area (Å²) in [5.74, 6) is -1.02. The third kappa shape index (κ3) is 2.63. The van der Waals surface area contributed by atoms with Gasteiger partial charge in [-0.3, -0.25) is 9.59 Å². The van der Waals surface area contributed by atoms with Crippen molar-refractivity contribution < 1.29 is 14.7 Å². The van der Waals surface area contributed by atoms with Crippen LogP contribution in [0.2, 0.25) is 0 Å². The van der Waals surface area contributed by atoms with E-state index in [0.29, 0.717) is 19.6 Å². The van der Waals surface area contributed by atoms with E-state index in [-0.39, 0.29) is 34.4 Å². The normalized spacial score (nSPS) is 21.5. The standard InChI is InChI=1S/C19H18N2O4/c22-17-7-3-6-16-13-8-12(10-21(16)17)9-20(11-13)18(23)14-4-1-2-5-15(14)19(24)25/h1-7,12-13H,8-11H2,(H,24,25)/t12-,13+/m1/s1. The van der Waals surface area contributed by atoms with Crippen molar-refractivity contribution in [2.24, 2.45) is 5.92 Å². The number of rotatable bonds is 2. The maximum absolute atomic E-state index is 12.9. The maximum Gasteiger partial charge on any atom is 0.336 e. The topological polar surface area (TPSA) is 79.6 Å². The number of hydrogen-bond donors (Lipinski definition) is 1. The molecule has 128 valence electrons. The third-order valence-corrected chi connectivity index (χ3v) is 5.15. The molecule has 0 radical (unpaired) electrons. The lowest BCUT2D eigenvalue weighted by Gasteiger charge is -2.42. The van der Waals surface area contributed by atoms with Crippen LogP contribution < -0.4 is 5.56 Å². The summed E-state index contributed by atoms with van der Waals surface area (Å²) in [7, 11) is 0. The van der Waals surface area contributed by atoms with Crippen LogP contribution in [0.4, 0.5) is 0 Å². The highest BCUT2D eigenvalue weighted by Crippen LogP contribution is 2.35. The minimum Gasteiger partial charge on any atom is -0.478 e. The zero-order valence-electron chi connectivity index (χ0n) is 13.6. The van der Waals surface area contributed by atoms with Crippen molar-refractivity contribution in [1.82, 2.24) is 9.47 Å². The Hall–Kier alpha value is -2.89. The molecule has 0 saturated carbocycles. The minimum atomic E-state index is -1.10. The fraction of sp³-hybridized carbons (Fsp3) is 0.316. The summed E-state index contributed by atoms with van der Waals surface area (Å²) in [4.78, 5) is 38.1. The summed E-state index contributed by atoms with van der Waals surface area (Å²) >= 11 is 0. The molecule has 0 unspecified atom stereocenters. The number of hydrogen-bond acceptors (Lipinski definition) is 3. The molecule has 3 heterocycles. The first-order chi connectivity index (χ1) is 12.0. The average molecular weight is 338 g/mol. The molecule has 0 aliphatic carbocycles. The Morgan fingerprint density at radius 1 is 0.960 bits per heavy atom. The molecule has 6 nitrogen and oxygen atoms in total. The van der Waals surface area contributed by atoms with Crippen molar-refractivity contribution in [1.29, 1.82) is 0 Å². The van der Waals surface area contributed by atoms with Gasteiger partial charge in [0.15, 0.2) is 0 Å². The third-order valence-electron chi connectivity index (χ3n) is 5.15. The number of nitrogens with zero attached hydrogens (tertiary/aromatic N) is 2. The Morgan fingerprint density at radius 2 is 1.72 bits per heavy atom. The number of likely N-dealkylation sites (tertiary alicyclic amines) is 1. The largest absolute Gasteiger partial charge is 0.478 e. The van der Waals surface area contributed by atoms with Gasteiger partial charge in [0.2, 0.25) is 0 Å². The van der Waals surface area contributed by atoms with Crippen molar-refractivity contribution in [2.75, 3.05) is 13.1 Å². The van der Waals surface area contributed by atoms with Crippen molar-refractivity contribution in [2.45, 2.75) is 18.9 Å². The number of carbonyl (C=O) groups is 2. The lowest BCUT2D eigenvalue weighted by molar-refractivity contribution is 0.0580. The first-order valence-electron chi connectivity index (χ1n) is 8.36. The predicted octanol–water partition coefficient (Wildman–Crippen LogP) is 1.81. The molecule has 2 bridgehead atoms. The summed E-state index contributed by atoms with van der Waals surface area (Å²) in [6.07, 6.45) is 0.952. The molecule has 6 heteroatoms. The van der Waals surface area contributed by atoms with Gasteiger partial charge in [-0.25, -0.2) is 4.79 Å². The van der Waals surface area contributed by atoms with E-state index in [1.54, 1.807) is 35.2 Å². The van der Waals surface area contributed by atoms with Gasteiger partial charge in [-0.15, -0.1) is 0 Å². The number of pyridine rings is 1. The molecule has 25 heavy (non-hydrogen) atoms. The molecule has 0 spiro atoms. The van der Waals surface area contributed by atoms with Crippen LogP contribution in [0.25, 0.3) is 0 Å². The van der Waals surface area contributed by atoms with Gasteiger partial charge in [-0.1, -0.05) is 18.2 Å². The van der Waals surface area contributed by atoms with Gasteiger partial charge in [0.05, 0.1) is 11.1 Å². The second-order valence-corrected chi connectivity index (χ2v) is 6.76. The number of carboxylic acid groups (broad SMARTS) is 1. The van der Waals surface area contributed by atoms with Gasteiger partial charge in [0, 0.05) is 37.3 Å². The van der Waals surface area contributed by atoms with Gasteiger partial charge in [0.1, 0.15) is 0 Å². The molecule has 1 amide bonds. The summed E-state index contributed by atoms with van der Waals surface area (Å²) < 4.78 is 1.81. The Morgan fingerprint density at radius 3 is 2.48 bits per heavy atom. The number of carboxylic acids is 1. The molecule has 2 atom stereocenters. The summed E-state index contributed by atoms with van der Waals surface area (Å²) in [6.45, 7) is 1.66. The van der Waals surface area contributed by atoms with Gasteiger partial charge in [-0.2, -0.15) is 0 Å². The summed E-state index contributed by atoms with van der Waals surface area (Å²) in [6, 6.07) is 11.6. The maximum atomic E-state index is 12.9. The van der Waals surface area contributed by atoms with Crippen LogP contribution >= 0.6 is 0 Å². The first kappa shape index (κ1) is 15.6. The number of carbonyl (C=O) groups excluding carboxylic acids is 1. The van der Waals surface area contributed by atoms with E-state index in [4.69, 9.17) is 0 Å². The quantitative estimate of drug-likeness (QED) is 0.906. The fourth-order valence-corrected chi connectivity index (χ4v) is 4.09. The molecule has 1 fully saturated rings. The van der Waals surface area contributed by atoms with Crippen molar-refractivity contribution in [3.05, 3.63) is 69.6 Å². The Kier molecular flexibility index (Phi) is 3.67. The smallest absolute Gasteiger partial charge is 0.336 e. The molecule has 1 saturated heterocycles. The lowest BCUT2D eigenvalue weighted by Crippen LogP contribution is -2.49. The summed E-state index contributed by atoms with van der Waals surface area (Å²) in [5.41, 5.74) is 1.22. The predicted molar refractivity (Wildman–Crippen MR) is 90.9 cm³/mol. The van der Waals surface area contributed by atoms with Gasteiger partial charge >= 0.3 is 5.97 Å². The van der Waals surface area contributed by atoms with E-state index in [1.165, 1.54) is 6.07 Å². The van der Waals surface area contributed by atoms with E-state index < -0.39 is 5.97 Å². The van der Waals surface area contributed by atoms with E-state index in [2.05, 4.69) is 0 Å². The average Bonchev–Trinajstić information content (AvgIpc) is 2.62. The van der Waals surface area contributed by atoms with Crippen molar-refractivity contribution in [3.63, 3.8) is 0 Å². The number of benzene rings is 1.